The van der Waals surface area contributed by atoms with E-state index >= 15 is 0 Å². The summed E-state index contributed by atoms with van der Waals surface area (Å²) in [6, 6.07) is 8.46. The number of carbonyl (C=O) groups is 1. The fourth-order valence-corrected chi connectivity index (χ4v) is 4.39. The third kappa shape index (κ3) is 4.75. The Balaban J connectivity index is 1.58. The van der Waals surface area contributed by atoms with Crippen molar-refractivity contribution in [3.8, 4) is 0 Å². The summed E-state index contributed by atoms with van der Waals surface area (Å²) in [5, 5.41) is 13.9. The first-order chi connectivity index (χ1) is 14.4. The Labute approximate surface area is 177 Å². The molecule has 1 amide bonds. The van der Waals surface area contributed by atoms with Crippen molar-refractivity contribution in [1.82, 2.24) is 25.4 Å². The molecule has 30 heavy (non-hydrogen) atoms. The lowest BCUT2D eigenvalue weighted by molar-refractivity contribution is 0.0971. The van der Waals surface area contributed by atoms with Crippen LogP contribution in [0.5, 0.6) is 0 Å². The summed E-state index contributed by atoms with van der Waals surface area (Å²) in [6.45, 7) is 8.79. The number of nitrogens with one attached hydrogen (secondary N) is 3. The molecule has 0 spiro atoms. The van der Waals surface area contributed by atoms with Crippen LogP contribution in [-0.4, -0.2) is 51.4 Å². The predicted octanol–water partition coefficient (Wildman–Crippen LogP) is 3.70. The van der Waals surface area contributed by atoms with E-state index in [1.165, 1.54) is 0 Å². The summed E-state index contributed by atoms with van der Waals surface area (Å²) in [5.74, 6) is 1.54. The van der Waals surface area contributed by atoms with E-state index in [0.29, 0.717) is 12.6 Å². The lowest BCUT2D eigenvalue weighted by atomic mass is 9.85. The highest BCUT2D eigenvalue weighted by Crippen LogP contribution is 2.41. The Morgan fingerprint density at radius 3 is 3.00 bits per heavy atom. The van der Waals surface area contributed by atoms with Gasteiger partial charge in [-0.15, -0.1) is 0 Å². The number of carbonyl (C=O) groups excluding carboxylic acids is 1. The van der Waals surface area contributed by atoms with Crippen molar-refractivity contribution in [2.75, 3.05) is 18.4 Å². The Morgan fingerprint density at radius 1 is 1.30 bits per heavy atom. The Hall–Kier alpha value is -2.61. The highest BCUT2D eigenvalue weighted by atomic mass is 16.6. The second-order valence-electron chi connectivity index (χ2n) is 8.98. The summed E-state index contributed by atoms with van der Waals surface area (Å²) >= 11 is 0. The van der Waals surface area contributed by atoms with Gasteiger partial charge in [-0.25, -0.2) is 9.78 Å². The van der Waals surface area contributed by atoms with Gasteiger partial charge in [-0.1, -0.05) is 13.0 Å². The van der Waals surface area contributed by atoms with Gasteiger partial charge in [-0.3, -0.25) is 10.00 Å². The SMILES string of the molecule is CC(C)N1CCCNC(=O)O[C@H]2CC[C@](C)(C2)c2cc(n[nH]2)Nc2cccc(n2)C1. The van der Waals surface area contributed by atoms with Crippen molar-refractivity contribution in [3.05, 3.63) is 35.7 Å². The average molecular weight is 413 g/mol. The number of ether oxygens (including phenoxy) is 1. The first-order valence-electron chi connectivity index (χ1n) is 10.9. The molecule has 6 bridgehead atoms. The van der Waals surface area contributed by atoms with Gasteiger partial charge in [0.15, 0.2) is 5.82 Å². The molecule has 1 fully saturated rings. The molecule has 8 nitrogen and oxygen atoms in total. The van der Waals surface area contributed by atoms with Crippen LogP contribution in [0.3, 0.4) is 0 Å². The highest BCUT2D eigenvalue weighted by Gasteiger charge is 2.39. The quantitative estimate of drug-likeness (QED) is 0.661. The molecule has 0 radical (unpaired) electrons. The molecule has 0 aromatic carbocycles. The number of H-pyrrole nitrogens is 1. The number of alkyl carbamates (subject to hydrolysis) is 1. The molecule has 1 aliphatic carbocycles. The van der Waals surface area contributed by atoms with Crippen LogP contribution in [0.25, 0.3) is 0 Å². The van der Waals surface area contributed by atoms with E-state index in [-0.39, 0.29) is 17.6 Å². The molecular weight excluding hydrogens is 380 g/mol. The van der Waals surface area contributed by atoms with Gasteiger partial charge in [0.1, 0.15) is 11.9 Å². The van der Waals surface area contributed by atoms with Crippen LogP contribution in [0.4, 0.5) is 16.4 Å². The molecule has 8 heteroatoms. The number of anilines is 2. The summed E-state index contributed by atoms with van der Waals surface area (Å²) in [4.78, 5) is 19.4. The molecule has 1 aliphatic heterocycles. The van der Waals surface area contributed by atoms with Crippen LogP contribution in [-0.2, 0) is 16.7 Å². The van der Waals surface area contributed by atoms with E-state index in [1.807, 2.05) is 24.3 Å². The Kier molecular flexibility index (Phi) is 5.94. The first-order valence-corrected chi connectivity index (χ1v) is 10.9. The van der Waals surface area contributed by atoms with E-state index < -0.39 is 0 Å². The lowest BCUT2D eigenvalue weighted by Crippen LogP contribution is -2.35. The molecule has 0 saturated heterocycles. The fraction of sp³-hybridized carbons (Fsp3) is 0.591. The van der Waals surface area contributed by atoms with Crippen molar-refractivity contribution in [2.24, 2.45) is 0 Å². The maximum absolute atomic E-state index is 12.2. The van der Waals surface area contributed by atoms with E-state index in [2.05, 4.69) is 46.5 Å². The molecule has 2 aromatic heterocycles. The lowest BCUT2D eigenvalue weighted by Gasteiger charge is -2.26. The zero-order chi connectivity index (χ0) is 21.1. The van der Waals surface area contributed by atoms with Gasteiger partial charge in [0, 0.05) is 42.9 Å². The van der Waals surface area contributed by atoms with Gasteiger partial charge < -0.3 is 15.4 Å². The molecule has 3 N–H and O–H groups in total. The summed E-state index contributed by atoms with van der Waals surface area (Å²) in [5.41, 5.74) is 1.97. The summed E-state index contributed by atoms with van der Waals surface area (Å²) in [6.07, 6.45) is 3.07. The Bertz CT molecular complexity index is 882. The second-order valence-corrected chi connectivity index (χ2v) is 8.98. The van der Waals surface area contributed by atoms with Gasteiger partial charge in [-0.2, -0.15) is 5.10 Å². The third-order valence-electron chi connectivity index (χ3n) is 6.25. The maximum atomic E-state index is 12.2. The van der Waals surface area contributed by atoms with Gasteiger partial charge in [0.2, 0.25) is 0 Å². The molecule has 1 saturated carbocycles. The van der Waals surface area contributed by atoms with Gasteiger partial charge in [0.05, 0.1) is 5.69 Å². The zero-order valence-electron chi connectivity index (χ0n) is 18.1. The standard InChI is InChI=1S/C22H32N6O2/c1-15(2)28-11-5-10-23-21(29)30-17-8-9-22(3,13-17)18-12-20(27-26-18)25-19-7-4-6-16(14-28)24-19/h4,6-7,12,15,17H,5,8-11,13-14H2,1-3H3,(H,23,29)(H2,24,25,26,27)/t17-,22+/m0/s1. The number of nitrogens with zero attached hydrogens (tertiary/aromatic N) is 3. The number of hydrogen-bond donors (Lipinski definition) is 3. The molecule has 3 heterocycles. The van der Waals surface area contributed by atoms with Crippen molar-refractivity contribution >= 4 is 17.7 Å². The van der Waals surface area contributed by atoms with Crippen LogP contribution in [0, 0.1) is 0 Å². The maximum Gasteiger partial charge on any atom is 0.407 e. The van der Waals surface area contributed by atoms with E-state index in [1.54, 1.807) is 0 Å². The smallest absolute Gasteiger partial charge is 0.407 e. The molecule has 4 rings (SSSR count). The monoisotopic (exact) mass is 412 g/mol. The number of amides is 1. The van der Waals surface area contributed by atoms with Crippen molar-refractivity contribution in [2.45, 2.75) is 70.6 Å². The molecule has 2 atom stereocenters. The number of hydrogen-bond acceptors (Lipinski definition) is 6. The minimum atomic E-state index is -0.317. The fourth-order valence-electron chi connectivity index (χ4n) is 4.39. The second kappa shape index (κ2) is 8.63. The first kappa shape index (κ1) is 20.7. The van der Waals surface area contributed by atoms with Crippen molar-refractivity contribution < 1.29 is 9.53 Å². The topological polar surface area (TPSA) is 95.2 Å². The Morgan fingerprint density at radius 2 is 2.17 bits per heavy atom. The van der Waals surface area contributed by atoms with Crippen LogP contribution in [0.15, 0.2) is 24.3 Å². The van der Waals surface area contributed by atoms with Crippen LogP contribution in [0.1, 0.15) is 57.8 Å². The van der Waals surface area contributed by atoms with Gasteiger partial charge in [0.25, 0.3) is 0 Å². The van der Waals surface area contributed by atoms with Gasteiger partial charge in [-0.05, 0) is 51.7 Å². The van der Waals surface area contributed by atoms with Crippen molar-refractivity contribution in [3.63, 3.8) is 0 Å². The van der Waals surface area contributed by atoms with Crippen molar-refractivity contribution in [1.29, 1.82) is 0 Å². The van der Waals surface area contributed by atoms with Crippen LogP contribution < -0.4 is 10.6 Å². The molecule has 2 aromatic rings. The molecule has 2 aliphatic rings. The number of aromatic amines is 1. The van der Waals surface area contributed by atoms with E-state index in [9.17, 15) is 4.79 Å². The number of fused-ring (bicyclic) bond motifs is 7. The molecular formula is C22H32N6O2. The zero-order valence-corrected chi connectivity index (χ0v) is 18.1. The predicted molar refractivity (Wildman–Crippen MR) is 116 cm³/mol. The molecule has 162 valence electrons. The minimum absolute atomic E-state index is 0.0703. The average Bonchev–Trinajstić information content (AvgIpc) is 3.31. The number of rotatable bonds is 1. The third-order valence-corrected chi connectivity index (χ3v) is 6.25. The van der Waals surface area contributed by atoms with Gasteiger partial charge >= 0.3 is 6.09 Å². The van der Waals surface area contributed by atoms with Crippen LogP contribution >= 0.6 is 0 Å². The minimum Gasteiger partial charge on any atom is -0.446 e. The molecule has 0 unspecified atom stereocenters. The van der Waals surface area contributed by atoms with Crippen LogP contribution in [0.2, 0.25) is 0 Å². The number of aromatic nitrogens is 3. The largest absolute Gasteiger partial charge is 0.446 e. The highest BCUT2D eigenvalue weighted by molar-refractivity contribution is 5.67. The number of pyridine rings is 1. The summed E-state index contributed by atoms with van der Waals surface area (Å²) in [7, 11) is 0. The normalized spacial score (nSPS) is 25.7. The summed E-state index contributed by atoms with van der Waals surface area (Å²) < 4.78 is 5.68. The van der Waals surface area contributed by atoms with E-state index in [0.717, 1.165) is 61.8 Å². The van der Waals surface area contributed by atoms with E-state index in [4.69, 9.17) is 9.72 Å².